The molecule has 7 heteroatoms. The van der Waals surface area contributed by atoms with Crippen molar-refractivity contribution in [2.75, 3.05) is 25.0 Å². The van der Waals surface area contributed by atoms with Crippen molar-refractivity contribution in [1.82, 2.24) is 4.90 Å². The number of piperidine rings is 1. The van der Waals surface area contributed by atoms with E-state index in [1.54, 1.807) is 48.3 Å². The zero-order valence-corrected chi connectivity index (χ0v) is 14.4. The van der Waals surface area contributed by atoms with Gasteiger partial charge in [0.2, 0.25) is 0 Å². The summed E-state index contributed by atoms with van der Waals surface area (Å²) < 4.78 is 5.14. The van der Waals surface area contributed by atoms with E-state index >= 15 is 0 Å². The minimum Gasteiger partial charge on any atom is -0.481 e. The zero-order chi connectivity index (χ0) is 18.7. The van der Waals surface area contributed by atoms with Crippen molar-refractivity contribution in [3.63, 3.8) is 0 Å². The van der Waals surface area contributed by atoms with Crippen LogP contribution < -0.4 is 4.90 Å². The van der Waals surface area contributed by atoms with Crippen LogP contribution in [0.3, 0.4) is 0 Å². The Morgan fingerprint density at radius 3 is 2.65 bits per heavy atom. The van der Waals surface area contributed by atoms with E-state index < -0.39 is 11.9 Å². The molecule has 0 aliphatic carbocycles. The molecule has 0 saturated carbocycles. The SMILES string of the molecule is CN(C(=O)c1ccco1)c1ccccc1C(=O)N1CCCC(C(=O)O)C1. The van der Waals surface area contributed by atoms with Crippen LogP contribution in [-0.4, -0.2) is 47.9 Å². The van der Waals surface area contributed by atoms with Gasteiger partial charge in [0, 0.05) is 20.1 Å². The van der Waals surface area contributed by atoms with Crippen LogP contribution in [-0.2, 0) is 4.79 Å². The number of amides is 2. The van der Waals surface area contributed by atoms with Crippen LogP contribution in [0.2, 0.25) is 0 Å². The third kappa shape index (κ3) is 3.46. The molecule has 3 rings (SSSR count). The standard InChI is InChI=1S/C19H20N2O5/c1-20(18(23)16-9-5-11-26-16)15-8-3-2-7-14(15)17(22)21-10-4-6-13(12-21)19(24)25/h2-3,5,7-9,11,13H,4,6,10,12H2,1H3,(H,24,25). The van der Waals surface area contributed by atoms with Gasteiger partial charge in [0.1, 0.15) is 0 Å². The van der Waals surface area contributed by atoms with Crippen molar-refractivity contribution in [2.24, 2.45) is 5.92 Å². The van der Waals surface area contributed by atoms with E-state index in [1.807, 2.05) is 0 Å². The van der Waals surface area contributed by atoms with Gasteiger partial charge in [-0.2, -0.15) is 0 Å². The van der Waals surface area contributed by atoms with Gasteiger partial charge < -0.3 is 19.3 Å². The van der Waals surface area contributed by atoms with Crippen molar-refractivity contribution in [2.45, 2.75) is 12.8 Å². The monoisotopic (exact) mass is 356 g/mol. The first-order valence-corrected chi connectivity index (χ1v) is 8.41. The molecule has 2 amide bonds. The lowest BCUT2D eigenvalue weighted by molar-refractivity contribution is -0.143. The van der Waals surface area contributed by atoms with E-state index in [2.05, 4.69) is 0 Å². The summed E-state index contributed by atoms with van der Waals surface area (Å²) in [7, 11) is 1.58. The summed E-state index contributed by atoms with van der Waals surface area (Å²) in [5.74, 6) is -1.90. The third-order valence-electron chi connectivity index (χ3n) is 4.59. The van der Waals surface area contributed by atoms with Crippen LogP contribution in [0.25, 0.3) is 0 Å². The maximum Gasteiger partial charge on any atom is 0.308 e. The lowest BCUT2D eigenvalue weighted by atomic mass is 9.97. The van der Waals surface area contributed by atoms with Gasteiger partial charge in [0.15, 0.2) is 5.76 Å². The van der Waals surface area contributed by atoms with Gasteiger partial charge in [0.25, 0.3) is 11.8 Å². The van der Waals surface area contributed by atoms with Gasteiger partial charge in [0.05, 0.1) is 23.4 Å². The second-order valence-corrected chi connectivity index (χ2v) is 6.29. The maximum absolute atomic E-state index is 13.0. The average molecular weight is 356 g/mol. The van der Waals surface area contributed by atoms with Crippen LogP contribution in [0.15, 0.2) is 47.1 Å². The number of benzene rings is 1. The zero-order valence-electron chi connectivity index (χ0n) is 14.4. The number of nitrogens with zero attached hydrogens (tertiary/aromatic N) is 2. The third-order valence-corrected chi connectivity index (χ3v) is 4.59. The molecule has 2 heterocycles. The van der Waals surface area contributed by atoms with E-state index in [9.17, 15) is 19.5 Å². The Labute approximate surface area is 150 Å². The maximum atomic E-state index is 13.0. The molecule has 1 saturated heterocycles. The van der Waals surface area contributed by atoms with E-state index in [4.69, 9.17) is 4.42 Å². The molecule has 0 spiro atoms. The molecule has 1 N–H and O–H groups in total. The Morgan fingerprint density at radius 2 is 1.96 bits per heavy atom. The smallest absolute Gasteiger partial charge is 0.308 e. The fourth-order valence-corrected chi connectivity index (χ4v) is 3.16. The summed E-state index contributed by atoms with van der Waals surface area (Å²) in [6.07, 6.45) is 2.63. The van der Waals surface area contributed by atoms with Crippen molar-refractivity contribution < 1.29 is 23.9 Å². The number of para-hydroxylation sites is 1. The highest BCUT2D eigenvalue weighted by molar-refractivity contribution is 6.09. The largest absolute Gasteiger partial charge is 0.481 e. The van der Waals surface area contributed by atoms with Crippen molar-refractivity contribution >= 4 is 23.5 Å². The lowest BCUT2D eigenvalue weighted by Gasteiger charge is -2.31. The quantitative estimate of drug-likeness (QED) is 0.909. The van der Waals surface area contributed by atoms with Crippen molar-refractivity contribution in [3.8, 4) is 0 Å². The summed E-state index contributed by atoms with van der Waals surface area (Å²) in [4.78, 5) is 39.7. The molecule has 1 fully saturated rings. The summed E-state index contributed by atoms with van der Waals surface area (Å²) in [6.45, 7) is 0.686. The molecule has 2 aromatic rings. The molecule has 1 aromatic carbocycles. The lowest BCUT2D eigenvalue weighted by Crippen LogP contribution is -2.43. The van der Waals surface area contributed by atoms with E-state index in [1.165, 1.54) is 11.2 Å². The molecular weight excluding hydrogens is 336 g/mol. The average Bonchev–Trinajstić information content (AvgIpc) is 3.21. The van der Waals surface area contributed by atoms with E-state index in [0.717, 1.165) is 0 Å². The van der Waals surface area contributed by atoms with Crippen LogP contribution >= 0.6 is 0 Å². The predicted molar refractivity (Wildman–Crippen MR) is 94.1 cm³/mol. The number of carboxylic acid groups (broad SMARTS) is 1. The van der Waals surface area contributed by atoms with E-state index in [0.29, 0.717) is 30.6 Å². The fraction of sp³-hybridized carbons (Fsp3) is 0.316. The minimum absolute atomic E-state index is 0.179. The Balaban J connectivity index is 1.85. The molecule has 1 aliphatic heterocycles. The number of carboxylic acids is 1. The van der Waals surface area contributed by atoms with Crippen LogP contribution in [0.1, 0.15) is 33.8 Å². The minimum atomic E-state index is -0.888. The molecule has 136 valence electrons. The number of carbonyl (C=O) groups is 3. The Morgan fingerprint density at radius 1 is 1.19 bits per heavy atom. The fourth-order valence-electron chi connectivity index (χ4n) is 3.16. The topological polar surface area (TPSA) is 91.1 Å². The molecule has 0 bridgehead atoms. The highest BCUT2D eigenvalue weighted by atomic mass is 16.4. The van der Waals surface area contributed by atoms with Gasteiger partial charge in [-0.25, -0.2) is 0 Å². The van der Waals surface area contributed by atoms with Crippen molar-refractivity contribution in [1.29, 1.82) is 0 Å². The molecule has 1 unspecified atom stereocenters. The summed E-state index contributed by atoms with van der Waals surface area (Å²) in [5.41, 5.74) is 0.817. The van der Waals surface area contributed by atoms with Crippen LogP contribution in [0.5, 0.6) is 0 Å². The number of anilines is 1. The number of rotatable bonds is 4. The normalized spacial score (nSPS) is 17.0. The van der Waals surface area contributed by atoms with E-state index in [-0.39, 0.29) is 24.1 Å². The molecule has 7 nitrogen and oxygen atoms in total. The molecule has 1 aromatic heterocycles. The second-order valence-electron chi connectivity index (χ2n) is 6.29. The highest BCUT2D eigenvalue weighted by Crippen LogP contribution is 2.25. The number of hydrogen-bond donors (Lipinski definition) is 1. The molecular formula is C19H20N2O5. The first-order valence-electron chi connectivity index (χ1n) is 8.41. The second kappa shape index (κ2) is 7.43. The number of hydrogen-bond acceptors (Lipinski definition) is 4. The van der Waals surface area contributed by atoms with Gasteiger partial charge >= 0.3 is 5.97 Å². The molecule has 1 aliphatic rings. The van der Waals surface area contributed by atoms with Crippen LogP contribution in [0.4, 0.5) is 5.69 Å². The molecule has 0 radical (unpaired) electrons. The molecule has 26 heavy (non-hydrogen) atoms. The van der Waals surface area contributed by atoms with Gasteiger partial charge in [-0.15, -0.1) is 0 Å². The van der Waals surface area contributed by atoms with Gasteiger partial charge in [-0.3, -0.25) is 14.4 Å². The summed E-state index contributed by atoms with van der Waals surface area (Å²) in [5, 5.41) is 9.23. The Kier molecular flexibility index (Phi) is 5.06. The van der Waals surface area contributed by atoms with Gasteiger partial charge in [-0.1, -0.05) is 12.1 Å². The first-order chi connectivity index (χ1) is 12.5. The van der Waals surface area contributed by atoms with Gasteiger partial charge in [-0.05, 0) is 37.1 Å². The summed E-state index contributed by atoms with van der Waals surface area (Å²) >= 11 is 0. The first kappa shape index (κ1) is 17.7. The number of carbonyl (C=O) groups excluding carboxylic acids is 2. The van der Waals surface area contributed by atoms with Crippen molar-refractivity contribution in [3.05, 3.63) is 54.0 Å². The summed E-state index contributed by atoms with van der Waals surface area (Å²) in [6, 6.07) is 9.98. The number of furan rings is 1. The highest BCUT2D eigenvalue weighted by Gasteiger charge is 2.30. The number of likely N-dealkylation sites (tertiary alicyclic amines) is 1. The number of aliphatic carboxylic acids is 1. The predicted octanol–water partition coefficient (Wildman–Crippen LogP) is 2.49. The van der Waals surface area contributed by atoms with Crippen LogP contribution in [0, 0.1) is 5.92 Å². The Hall–Kier alpha value is -3.09. The Bertz CT molecular complexity index is 815. The molecule has 1 atom stereocenters.